The zero-order valence-corrected chi connectivity index (χ0v) is 10.1. The smallest absolute Gasteiger partial charge is 0.257 e. The third-order valence-corrected chi connectivity index (χ3v) is 2.53. The first kappa shape index (κ1) is 12.2. The molecule has 4 heteroatoms. The molecule has 0 aliphatic rings. The van der Waals surface area contributed by atoms with Crippen molar-refractivity contribution in [3.8, 4) is 11.1 Å². The Labute approximate surface area is 105 Å². The van der Waals surface area contributed by atoms with E-state index in [9.17, 15) is 9.18 Å². The molecule has 0 unspecified atom stereocenters. The number of hydrogen-bond donors (Lipinski definition) is 0. The van der Waals surface area contributed by atoms with Gasteiger partial charge < -0.3 is 4.90 Å². The first-order valence-electron chi connectivity index (χ1n) is 5.44. The molecule has 0 saturated carbocycles. The normalized spacial score (nSPS) is 10.2. The van der Waals surface area contributed by atoms with Gasteiger partial charge in [-0.1, -0.05) is 30.3 Å². The molecule has 1 aromatic heterocycles. The van der Waals surface area contributed by atoms with Gasteiger partial charge in [0.2, 0.25) is 0 Å². The molecule has 0 aliphatic heterocycles. The molecular weight excluding hydrogens is 231 g/mol. The monoisotopic (exact) mass is 243 g/mol. The summed E-state index contributed by atoms with van der Waals surface area (Å²) >= 11 is 0. The molecule has 2 aromatic rings. The second-order valence-electron chi connectivity index (χ2n) is 4.04. The Bertz CT molecular complexity index is 567. The van der Waals surface area contributed by atoms with E-state index in [4.69, 9.17) is 0 Å². The molecule has 0 spiro atoms. The molecule has 1 radical (unpaired) electrons. The van der Waals surface area contributed by atoms with E-state index >= 15 is 0 Å². The van der Waals surface area contributed by atoms with Crippen LogP contribution in [0, 0.1) is 12.0 Å². The summed E-state index contributed by atoms with van der Waals surface area (Å²) < 4.78 is 14.3. The van der Waals surface area contributed by atoms with E-state index in [1.165, 1.54) is 11.1 Å². The van der Waals surface area contributed by atoms with Crippen molar-refractivity contribution in [2.75, 3.05) is 14.1 Å². The molecule has 91 valence electrons. The van der Waals surface area contributed by atoms with Crippen LogP contribution in [0.25, 0.3) is 11.1 Å². The van der Waals surface area contributed by atoms with Crippen molar-refractivity contribution in [3.05, 3.63) is 54.1 Å². The Balaban J connectivity index is 2.52. The van der Waals surface area contributed by atoms with Crippen LogP contribution in [0.5, 0.6) is 0 Å². The molecule has 3 nitrogen and oxygen atoms in total. The number of benzene rings is 1. The number of halogens is 1. The van der Waals surface area contributed by atoms with Crippen molar-refractivity contribution in [2.45, 2.75) is 0 Å². The van der Waals surface area contributed by atoms with Gasteiger partial charge in [0.25, 0.3) is 5.91 Å². The standard InChI is InChI=1S/C14H12FN2O/c1-17(2)14(18)12-9-16-8-11(13(12)15)10-6-4-3-5-7-10/h3-7,9H,1-2H3. The molecule has 0 N–H and O–H groups in total. The lowest BCUT2D eigenvalue weighted by Gasteiger charge is -2.12. The van der Waals surface area contributed by atoms with Crippen molar-refractivity contribution in [3.63, 3.8) is 0 Å². The zero-order valence-electron chi connectivity index (χ0n) is 10.1. The molecule has 0 aliphatic carbocycles. The highest BCUT2D eigenvalue weighted by atomic mass is 19.1. The van der Waals surface area contributed by atoms with Crippen LogP contribution in [0.2, 0.25) is 0 Å². The number of pyridine rings is 1. The third kappa shape index (κ3) is 2.22. The van der Waals surface area contributed by atoms with Gasteiger partial charge >= 0.3 is 0 Å². The van der Waals surface area contributed by atoms with Crippen LogP contribution < -0.4 is 0 Å². The van der Waals surface area contributed by atoms with Crippen LogP contribution >= 0.6 is 0 Å². The summed E-state index contributed by atoms with van der Waals surface area (Å²) in [4.78, 5) is 16.9. The second kappa shape index (κ2) is 4.96. The van der Waals surface area contributed by atoms with Crippen molar-refractivity contribution in [1.82, 2.24) is 9.88 Å². The van der Waals surface area contributed by atoms with Crippen LogP contribution in [0.15, 0.2) is 36.5 Å². The van der Waals surface area contributed by atoms with Gasteiger partial charge in [0.1, 0.15) is 12.0 Å². The van der Waals surface area contributed by atoms with Crippen LogP contribution in [-0.2, 0) is 0 Å². The average Bonchev–Trinajstić information content (AvgIpc) is 2.39. The maximum Gasteiger partial charge on any atom is 0.257 e. The van der Waals surface area contributed by atoms with Gasteiger partial charge in [-0.15, -0.1) is 0 Å². The largest absolute Gasteiger partial charge is 0.345 e. The van der Waals surface area contributed by atoms with Gasteiger partial charge in [0.15, 0.2) is 0 Å². The quantitative estimate of drug-likeness (QED) is 0.811. The molecule has 0 bridgehead atoms. The van der Waals surface area contributed by atoms with Crippen molar-refractivity contribution in [1.29, 1.82) is 0 Å². The number of nitrogens with zero attached hydrogens (tertiary/aromatic N) is 2. The Morgan fingerprint density at radius 1 is 1.28 bits per heavy atom. The van der Waals surface area contributed by atoms with Crippen LogP contribution in [0.4, 0.5) is 4.39 Å². The summed E-state index contributed by atoms with van der Waals surface area (Å²) in [6.45, 7) is 0. The van der Waals surface area contributed by atoms with Crippen molar-refractivity contribution < 1.29 is 9.18 Å². The molecule has 0 fully saturated rings. The van der Waals surface area contributed by atoms with Gasteiger partial charge in [-0.05, 0) is 5.56 Å². The second-order valence-corrected chi connectivity index (χ2v) is 4.04. The predicted molar refractivity (Wildman–Crippen MR) is 66.5 cm³/mol. The Hall–Kier alpha value is -2.23. The van der Waals surface area contributed by atoms with E-state index in [2.05, 4.69) is 11.2 Å². The van der Waals surface area contributed by atoms with E-state index in [-0.39, 0.29) is 11.1 Å². The maximum absolute atomic E-state index is 14.3. The fraction of sp³-hybridized carbons (Fsp3) is 0.143. The SMILES string of the molecule is CN(C)C(=O)c1cn[c]c(-c2ccccc2)c1F. The predicted octanol–water partition coefficient (Wildman–Crippen LogP) is 2.39. The molecule has 1 heterocycles. The molecule has 0 saturated heterocycles. The Kier molecular flexibility index (Phi) is 3.37. The highest BCUT2D eigenvalue weighted by molar-refractivity contribution is 5.95. The number of aromatic nitrogens is 1. The molecule has 1 aromatic carbocycles. The van der Waals surface area contributed by atoms with E-state index in [0.717, 1.165) is 0 Å². The molecule has 2 rings (SSSR count). The zero-order chi connectivity index (χ0) is 13.1. The van der Waals surface area contributed by atoms with Crippen molar-refractivity contribution >= 4 is 5.91 Å². The number of amides is 1. The minimum atomic E-state index is -0.588. The van der Waals surface area contributed by atoms with Gasteiger partial charge in [-0.3, -0.25) is 9.78 Å². The fourth-order valence-electron chi connectivity index (χ4n) is 1.59. The lowest BCUT2D eigenvalue weighted by Crippen LogP contribution is -2.23. The van der Waals surface area contributed by atoms with Crippen LogP contribution in [-0.4, -0.2) is 29.9 Å². The highest BCUT2D eigenvalue weighted by Crippen LogP contribution is 2.23. The maximum atomic E-state index is 14.3. The Morgan fingerprint density at radius 2 is 1.94 bits per heavy atom. The third-order valence-electron chi connectivity index (χ3n) is 2.53. The van der Waals surface area contributed by atoms with E-state index < -0.39 is 11.7 Å². The number of hydrogen-bond acceptors (Lipinski definition) is 2. The molecule has 18 heavy (non-hydrogen) atoms. The molecule has 0 atom stereocenters. The first-order valence-corrected chi connectivity index (χ1v) is 5.44. The van der Waals surface area contributed by atoms with E-state index in [1.54, 1.807) is 38.4 Å². The van der Waals surface area contributed by atoms with Gasteiger partial charge in [-0.2, -0.15) is 0 Å². The summed E-state index contributed by atoms with van der Waals surface area (Å²) in [5.41, 5.74) is 0.816. The topological polar surface area (TPSA) is 33.2 Å². The average molecular weight is 243 g/mol. The van der Waals surface area contributed by atoms with E-state index in [1.807, 2.05) is 6.07 Å². The van der Waals surface area contributed by atoms with Crippen LogP contribution in [0.3, 0.4) is 0 Å². The van der Waals surface area contributed by atoms with E-state index in [0.29, 0.717) is 5.56 Å². The van der Waals surface area contributed by atoms with Crippen LogP contribution in [0.1, 0.15) is 10.4 Å². The van der Waals surface area contributed by atoms with Gasteiger partial charge in [0, 0.05) is 25.9 Å². The fourth-order valence-corrected chi connectivity index (χ4v) is 1.59. The summed E-state index contributed by atoms with van der Waals surface area (Å²) in [6.07, 6.45) is 3.79. The molecular formula is C14H12FN2O. The molecule has 1 amide bonds. The minimum Gasteiger partial charge on any atom is -0.345 e. The lowest BCUT2D eigenvalue weighted by atomic mass is 10.0. The van der Waals surface area contributed by atoms with Gasteiger partial charge in [-0.25, -0.2) is 4.39 Å². The number of rotatable bonds is 2. The minimum absolute atomic E-state index is 0.0439. The van der Waals surface area contributed by atoms with Gasteiger partial charge in [0.05, 0.1) is 5.56 Å². The first-order chi connectivity index (χ1) is 8.61. The Morgan fingerprint density at radius 3 is 2.56 bits per heavy atom. The number of carbonyl (C=O) groups is 1. The summed E-state index contributed by atoms with van der Waals surface area (Å²) in [7, 11) is 3.14. The summed E-state index contributed by atoms with van der Waals surface area (Å²) in [5, 5.41) is 0. The number of carbonyl (C=O) groups excluding carboxylic acids is 1. The summed E-state index contributed by atoms with van der Waals surface area (Å²) in [6, 6.07) is 8.93. The van der Waals surface area contributed by atoms with Crippen molar-refractivity contribution in [2.24, 2.45) is 0 Å². The highest BCUT2D eigenvalue weighted by Gasteiger charge is 2.18. The summed E-state index contributed by atoms with van der Waals surface area (Å²) in [5.74, 6) is -0.999. The lowest BCUT2D eigenvalue weighted by molar-refractivity contribution is 0.0822.